The maximum absolute atomic E-state index is 5.96. The summed E-state index contributed by atoms with van der Waals surface area (Å²) in [5, 5.41) is 3.29. The Balaban J connectivity index is 1.47. The van der Waals surface area contributed by atoms with Crippen LogP contribution >= 0.6 is 0 Å². The van der Waals surface area contributed by atoms with E-state index < -0.39 is 0 Å². The number of ether oxygens (including phenoxy) is 1. The minimum atomic E-state index is 0.755. The van der Waals surface area contributed by atoms with E-state index in [0.717, 1.165) is 50.8 Å². The number of nitrogens with one attached hydrogen (secondary N) is 1. The first kappa shape index (κ1) is 16.8. The number of nitrogens with zero attached hydrogens (tertiary/aromatic N) is 1. The molecule has 2 aromatic carbocycles. The van der Waals surface area contributed by atoms with E-state index in [1.165, 1.54) is 17.7 Å². The molecule has 0 amide bonds. The second-order valence-electron chi connectivity index (χ2n) is 6.59. The van der Waals surface area contributed by atoms with Gasteiger partial charge in [0.1, 0.15) is 5.75 Å². The summed E-state index contributed by atoms with van der Waals surface area (Å²) in [5.41, 5.74) is 2.66. The molecule has 1 aliphatic rings. The average Bonchev–Trinajstić information content (AvgIpc) is 3.09. The van der Waals surface area contributed by atoms with Crippen molar-refractivity contribution in [3.8, 4) is 5.75 Å². The lowest BCUT2D eigenvalue weighted by molar-refractivity contribution is 0.311. The van der Waals surface area contributed by atoms with E-state index in [4.69, 9.17) is 4.74 Å². The molecule has 0 bridgehead atoms. The number of aryl methyl sites for hydroxylation is 1. The smallest absolute Gasteiger partial charge is 0.121 e. The Labute approximate surface area is 145 Å². The van der Waals surface area contributed by atoms with Crippen molar-refractivity contribution in [3.63, 3.8) is 0 Å². The zero-order chi connectivity index (χ0) is 16.6. The fourth-order valence-electron chi connectivity index (χ4n) is 3.40. The molecule has 1 unspecified atom stereocenters. The van der Waals surface area contributed by atoms with Crippen molar-refractivity contribution in [2.24, 2.45) is 5.92 Å². The highest BCUT2D eigenvalue weighted by atomic mass is 16.5. The third kappa shape index (κ3) is 4.75. The van der Waals surface area contributed by atoms with E-state index in [9.17, 15) is 0 Å². The second kappa shape index (κ2) is 8.74. The fraction of sp³-hybridized carbons (Fsp3) is 0.429. The third-order valence-electron chi connectivity index (χ3n) is 4.68. The molecule has 1 N–H and O–H groups in total. The quantitative estimate of drug-likeness (QED) is 0.749. The van der Waals surface area contributed by atoms with E-state index in [0.29, 0.717) is 0 Å². The summed E-state index contributed by atoms with van der Waals surface area (Å²) in [6, 6.07) is 19.1. The Bertz CT molecular complexity index is 614. The largest absolute Gasteiger partial charge is 0.494 e. The Morgan fingerprint density at radius 2 is 2.00 bits per heavy atom. The highest BCUT2D eigenvalue weighted by molar-refractivity contribution is 5.51. The molecule has 1 heterocycles. The average molecular weight is 324 g/mol. The first-order valence-corrected chi connectivity index (χ1v) is 9.01. The molecular weight excluding hydrogens is 296 g/mol. The third-order valence-corrected chi connectivity index (χ3v) is 4.68. The molecule has 1 fully saturated rings. The molecule has 0 radical (unpaired) electrons. The molecule has 0 spiro atoms. The Kier molecular flexibility index (Phi) is 6.13. The summed E-state index contributed by atoms with van der Waals surface area (Å²) in [7, 11) is 2.03. The van der Waals surface area contributed by atoms with Crippen molar-refractivity contribution in [2.75, 3.05) is 38.2 Å². The molecule has 1 aliphatic heterocycles. The van der Waals surface area contributed by atoms with Crippen molar-refractivity contribution in [1.29, 1.82) is 0 Å². The first-order chi connectivity index (χ1) is 11.8. The van der Waals surface area contributed by atoms with Gasteiger partial charge in [0.2, 0.25) is 0 Å². The van der Waals surface area contributed by atoms with Crippen molar-refractivity contribution >= 4 is 5.69 Å². The van der Waals surface area contributed by atoms with Crippen molar-refractivity contribution in [3.05, 3.63) is 60.2 Å². The van der Waals surface area contributed by atoms with Gasteiger partial charge in [0.15, 0.2) is 0 Å². The lowest BCUT2D eigenvalue weighted by Crippen LogP contribution is -2.24. The Morgan fingerprint density at radius 3 is 2.83 bits per heavy atom. The van der Waals surface area contributed by atoms with Crippen LogP contribution in [0, 0.1) is 5.92 Å². The standard InChI is InChI=1S/C21H28N2O/c1-22-16-19-12-13-23(17-19)20-10-5-11-21(15-20)24-14-6-9-18-7-3-2-4-8-18/h2-5,7-8,10-11,15,19,22H,6,9,12-14,16-17H2,1H3. The first-order valence-electron chi connectivity index (χ1n) is 9.01. The predicted molar refractivity (Wildman–Crippen MR) is 101 cm³/mol. The van der Waals surface area contributed by atoms with Crippen LogP contribution in [-0.4, -0.2) is 33.3 Å². The summed E-state index contributed by atoms with van der Waals surface area (Å²) in [5.74, 6) is 1.74. The molecule has 1 saturated heterocycles. The normalized spacial score (nSPS) is 17.2. The maximum atomic E-state index is 5.96. The molecule has 24 heavy (non-hydrogen) atoms. The van der Waals surface area contributed by atoms with Gasteiger partial charge in [-0.2, -0.15) is 0 Å². The predicted octanol–water partition coefficient (Wildman–Crippen LogP) is 3.74. The van der Waals surface area contributed by atoms with Gasteiger partial charge in [-0.25, -0.2) is 0 Å². The van der Waals surface area contributed by atoms with Crippen LogP contribution in [0.4, 0.5) is 5.69 Å². The number of benzene rings is 2. The van der Waals surface area contributed by atoms with Crippen LogP contribution < -0.4 is 15.0 Å². The zero-order valence-electron chi connectivity index (χ0n) is 14.6. The van der Waals surface area contributed by atoms with E-state index in [1.807, 2.05) is 7.05 Å². The number of rotatable bonds is 8. The Morgan fingerprint density at radius 1 is 1.12 bits per heavy atom. The summed E-state index contributed by atoms with van der Waals surface area (Å²) >= 11 is 0. The van der Waals surface area contributed by atoms with Crippen molar-refractivity contribution < 1.29 is 4.74 Å². The molecule has 3 heteroatoms. The molecule has 0 saturated carbocycles. The zero-order valence-corrected chi connectivity index (χ0v) is 14.6. The minimum absolute atomic E-state index is 0.755. The number of hydrogen-bond acceptors (Lipinski definition) is 3. The van der Waals surface area contributed by atoms with Gasteiger partial charge in [-0.05, 0) is 56.5 Å². The highest BCUT2D eigenvalue weighted by Gasteiger charge is 2.22. The summed E-state index contributed by atoms with van der Waals surface area (Å²) < 4.78 is 5.96. The minimum Gasteiger partial charge on any atom is -0.494 e. The SMILES string of the molecule is CNCC1CCN(c2cccc(OCCCc3ccccc3)c2)C1. The monoisotopic (exact) mass is 324 g/mol. The summed E-state index contributed by atoms with van der Waals surface area (Å²) in [6.07, 6.45) is 3.38. The van der Waals surface area contributed by atoms with Crippen LogP contribution in [0.3, 0.4) is 0 Å². The topological polar surface area (TPSA) is 24.5 Å². The second-order valence-corrected chi connectivity index (χ2v) is 6.59. The summed E-state index contributed by atoms with van der Waals surface area (Å²) in [6.45, 7) is 4.15. The van der Waals surface area contributed by atoms with Crippen LogP contribution in [-0.2, 0) is 6.42 Å². The highest BCUT2D eigenvalue weighted by Crippen LogP contribution is 2.26. The van der Waals surface area contributed by atoms with Crippen molar-refractivity contribution in [1.82, 2.24) is 5.32 Å². The Hall–Kier alpha value is -2.00. The molecular formula is C21H28N2O. The molecule has 3 rings (SSSR count). The van der Waals surface area contributed by atoms with Gasteiger partial charge in [0.05, 0.1) is 6.61 Å². The lowest BCUT2D eigenvalue weighted by Gasteiger charge is -2.19. The molecule has 1 atom stereocenters. The van der Waals surface area contributed by atoms with Gasteiger partial charge in [0.25, 0.3) is 0 Å². The van der Waals surface area contributed by atoms with E-state index in [-0.39, 0.29) is 0 Å². The van der Waals surface area contributed by atoms with Crippen LogP contribution in [0.2, 0.25) is 0 Å². The number of hydrogen-bond donors (Lipinski definition) is 1. The van der Waals surface area contributed by atoms with E-state index in [1.54, 1.807) is 0 Å². The molecule has 3 nitrogen and oxygen atoms in total. The van der Waals surface area contributed by atoms with Crippen LogP contribution in [0.1, 0.15) is 18.4 Å². The number of anilines is 1. The lowest BCUT2D eigenvalue weighted by atomic mass is 10.1. The van der Waals surface area contributed by atoms with Gasteiger partial charge in [-0.1, -0.05) is 36.4 Å². The van der Waals surface area contributed by atoms with Crippen molar-refractivity contribution in [2.45, 2.75) is 19.3 Å². The van der Waals surface area contributed by atoms with Crippen LogP contribution in [0.25, 0.3) is 0 Å². The summed E-state index contributed by atoms with van der Waals surface area (Å²) in [4.78, 5) is 2.47. The van der Waals surface area contributed by atoms with E-state index in [2.05, 4.69) is 64.8 Å². The van der Waals surface area contributed by atoms with Gasteiger partial charge < -0.3 is 15.0 Å². The van der Waals surface area contributed by atoms with Gasteiger partial charge in [-0.15, -0.1) is 0 Å². The molecule has 2 aromatic rings. The molecule has 0 aromatic heterocycles. The van der Waals surface area contributed by atoms with Gasteiger partial charge in [0, 0.05) is 24.8 Å². The fourth-order valence-corrected chi connectivity index (χ4v) is 3.40. The van der Waals surface area contributed by atoms with Crippen LogP contribution in [0.5, 0.6) is 5.75 Å². The van der Waals surface area contributed by atoms with Crippen LogP contribution in [0.15, 0.2) is 54.6 Å². The van der Waals surface area contributed by atoms with Gasteiger partial charge >= 0.3 is 0 Å². The maximum Gasteiger partial charge on any atom is 0.121 e. The molecule has 0 aliphatic carbocycles. The molecule has 128 valence electrons. The van der Waals surface area contributed by atoms with Gasteiger partial charge in [-0.3, -0.25) is 0 Å². The van der Waals surface area contributed by atoms with E-state index >= 15 is 0 Å².